The van der Waals surface area contributed by atoms with E-state index in [1.54, 1.807) is 24.3 Å². The maximum Gasteiger partial charge on any atom is 0.353 e. The van der Waals surface area contributed by atoms with Gasteiger partial charge in [-0.2, -0.15) is 0 Å². The molecule has 2 aromatic carbocycles. The number of carbonyl (C=O) groups is 1. The fourth-order valence-corrected chi connectivity index (χ4v) is 3.47. The largest absolute Gasteiger partial charge is 0.477 e. The van der Waals surface area contributed by atoms with Crippen LogP contribution in [0.3, 0.4) is 0 Å². The molecule has 4 nitrogen and oxygen atoms in total. The molecule has 1 aromatic heterocycles. The molecule has 2 N–H and O–H groups in total. The molecule has 0 saturated carbocycles. The number of fused-ring (bicyclic) bond motifs is 1. The van der Waals surface area contributed by atoms with Gasteiger partial charge >= 0.3 is 5.97 Å². The van der Waals surface area contributed by atoms with Gasteiger partial charge in [-0.1, -0.05) is 63.1 Å². The van der Waals surface area contributed by atoms with Crippen molar-refractivity contribution in [1.82, 2.24) is 4.98 Å². The Morgan fingerprint density at radius 3 is 2.35 bits per heavy atom. The minimum atomic E-state index is -1.12. The van der Waals surface area contributed by atoms with Crippen LogP contribution in [0, 0.1) is 0 Å². The first-order chi connectivity index (χ1) is 12.6. The third-order valence-corrected chi connectivity index (χ3v) is 4.59. The number of benzene rings is 2. The van der Waals surface area contributed by atoms with E-state index in [-0.39, 0.29) is 16.7 Å². The lowest BCUT2D eigenvalue weighted by Gasteiger charge is -2.13. The van der Waals surface area contributed by atoms with Gasteiger partial charge in [-0.3, -0.25) is 4.79 Å². The lowest BCUT2D eigenvalue weighted by atomic mass is 9.95. The second-order valence-electron chi connectivity index (χ2n) is 6.55. The van der Waals surface area contributed by atoms with Gasteiger partial charge in [0.15, 0.2) is 5.43 Å². The highest BCUT2D eigenvalue weighted by atomic mass is 16.4. The number of carboxylic acids is 1. The van der Waals surface area contributed by atoms with E-state index in [1.807, 2.05) is 12.1 Å². The fraction of sp³-hybridized carbons (Fsp3) is 0.273. The van der Waals surface area contributed by atoms with E-state index in [2.05, 4.69) is 24.9 Å². The van der Waals surface area contributed by atoms with Crippen LogP contribution in [-0.4, -0.2) is 16.1 Å². The molecule has 0 saturated heterocycles. The lowest BCUT2D eigenvalue weighted by Crippen LogP contribution is -2.16. The van der Waals surface area contributed by atoms with Crippen molar-refractivity contribution < 1.29 is 9.90 Å². The highest BCUT2D eigenvalue weighted by Gasteiger charge is 2.20. The van der Waals surface area contributed by atoms with Crippen LogP contribution in [0.5, 0.6) is 0 Å². The molecule has 0 aliphatic carbocycles. The summed E-state index contributed by atoms with van der Waals surface area (Å²) in [5.74, 6) is -1.12. The van der Waals surface area contributed by atoms with Gasteiger partial charge in [0.25, 0.3) is 0 Å². The molecule has 0 atom stereocenters. The molecule has 0 radical (unpaired) electrons. The maximum absolute atomic E-state index is 13.3. The van der Waals surface area contributed by atoms with Crippen LogP contribution in [-0.2, 0) is 12.8 Å². The zero-order valence-corrected chi connectivity index (χ0v) is 15.1. The van der Waals surface area contributed by atoms with Gasteiger partial charge in [0.1, 0.15) is 5.69 Å². The van der Waals surface area contributed by atoms with Crippen molar-refractivity contribution in [2.45, 2.75) is 39.5 Å². The summed E-state index contributed by atoms with van der Waals surface area (Å²) in [5, 5.41) is 10.3. The van der Waals surface area contributed by atoms with Gasteiger partial charge in [0.05, 0.1) is 11.1 Å². The van der Waals surface area contributed by atoms with Gasteiger partial charge in [-0.25, -0.2) is 4.79 Å². The normalized spacial score (nSPS) is 11.0. The first-order valence-corrected chi connectivity index (χ1v) is 9.07. The van der Waals surface area contributed by atoms with E-state index >= 15 is 0 Å². The second-order valence-corrected chi connectivity index (χ2v) is 6.55. The van der Waals surface area contributed by atoms with Crippen LogP contribution in [0.2, 0.25) is 0 Å². The minimum Gasteiger partial charge on any atom is -0.477 e. The molecule has 0 amide bonds. The molecule has 4 heteroatoms. The fourth-order valence-electron chi connectivity index (χ4n) is 3.47. The number of aryl methyl sites for hydroxylation is 2. The molecular weight excluding hydrogens is 326 g/mol. The number of aromatic nitrogens is 1. The van der Waals surface area contributed by atoms with Crippen molar-refractivity contribution in [3.05, 3.63) is 69.5 Å². The molecule has 0 bridgehead atoms. The van der Waals surface area contributed by atoms with E-state index in [0.29, 0.717) is 16.5 Å². The van der Waals surface area contributed by atoms with Crippen LogP contribution in [0.25, 0.3) is 22.0 Å². The minimum absolute atomic E-state index is 0.0469. The smallest absolute Gasteiger partial charge is 0.353 e. The molecular formula is C22H23NO3. The number of hydrogen-bond donors (Lipinski definition) is 2. The van der Waals surface area contributed by atoms with Crippen molar-refractivity contribution in [1.29, 1.82) is 0 Å². The summed E-state index contributed by atoms with van der Waals surface area (Å²) >= 11 is 0. The van der Waals surface area contributed by atoms with Crippen LogP contribution in [0.1, 0.15) is 48.3 Å². The predicted molar refractivity (Wildman–Crippen MR) is 105 cm³/mol. The van der Waals surface area contributed by atoms with E-state index in [0.717, 1.165) is 36.8 Å². The van der Waals surface area contributed by atoms with Gasteiger partial charge in [-0.15, -0.1) is 0 Å². The lowest BCUT2D eigenvalue weighted by molar-refractivity contribution is 0.0691. The molecule has 1 heterocycles. The second kappa shape index (κ2) is 7.56. The summed E-state index contributed by atoms with van der Waals surface area (Å²) in [6.45, 7) is 4.18. The number of rotatable bonds is 6. The molecule has 0 unspecified atom stereocenters. The van der Waals surface area contributed by atoms with Crippen LogP contribution < -0.4 is 5.43 Å². The Morgan fingerprint density at radius 1 is 1.04 bits per heavy atom. The Labute approximate surface area is 152 Å². The monoisotopic (exact) mass is 349 g/mol. The van der Waals surface area contributed by atoms with Crippen molar-refractivity contribution in [3.63, 3.8) is 0 Å². The van der Waals surface area contributed by atoms with Crippen molar-refractivity contribution in [2.75, 3.05) is 0 Å². The maximum atomic E-state index is 13.3. The SMILES string of the molecule is CCCc1cc(CCC)c2[nH]c(C(=O)O)c(-c3ccccc3)c(=O)c2c1. The molecule has 134 valence electrons. The summed E-state index contributed by atoms with van der Waals surface area (Å²) < 4.78 is 0. The molecule has 0 aliphatic rings. The summed E-state index contributed by atoms with van der Waals surface area (Å²) in [6.07, 6.45) is 3.62. The Hall–Kier alpha value is -2.88. The Kier molecular flexibility index (Phi) is 5.21. The first-order valence-electron chi connectivity index (χ1n) is 9.07. The number of aromatic carboxylic acids is 1. The van der Waals surface area contributed by atoms with E-state index < -0.39 is 5.97 Å². The number of pyridine rings is 1. The Balaban J connectivity index is 2.41. The van der Waals surface area contributed by atoms with Gasteiger partial charge in [0, 0.05) is 5.39 Å². The van der Waals surface area contributed by atoms with Crippen LogP contribution in [0.15, 0.2) is 47.3 Å². The quantitative estimate of drug-likeness (QED) is 0.671. The highest BCUT2D eigenvalue weighted by molar-refractivity contribution is 5.99. The summed E-state index contributed by atoms with van der Waals surface area (Å²) in [4.78, 5) is 28.2. The van der Waals surface area contributed by atoms with Gasteiger partial charge in [-0.05, 0) is 35.6 Å². The summed E-state index contributed by atoms with van der Waals surface area (Å²) in [7, 11) is 0. The molecule has 3 rings (SSSR count). The van der Waals surface area contributed by atoms with Gasteiger partial charge < -0.3 is 10.1 Å². The standard InChI is InChI=1S/C22H23NO3/c1-3-8-14-12-16(9-4-2)19-17(13-14)21(24)18(20(23-19)22(25)26)15-10-6-5-7-11-15/h5-7,10-13H,3-4,8-9H2,1-2H3,(H,23,24)(H,25,26). The summed E-state index contributed by atoms with van der Waals surface area (Å²) in [6, 6.07) is 13.0. The molecule has 0 fully saturated rings. The Morgan fingerprint density at radius 2 is 1.73 bits per heavy atom. The first kappa shape index (κ1) is 17.9. The van der Waals surface area contributed by atoms with Crippen molar-refractivity contribution in [3.8, 4) is 11.1 Å². The molecule has 26 heavy (non-hydrogen) atoms. The molecule has 3 aromatic rings. The zero-order valence-electron chi connectivity index (χ0n) is 15.1. The number of nitrogens with one attached hydrogen (secondary N) is 1. The number of carboxylic acid groups (broad SMARTS) is 1. The van der Waals surface area contributed by atoms with Crippen LogP contribution in [0.4, 0.5) is 0 Å². The molecule has 0 aliphatic heterocycles. The number of H-pyrrole nitrogens is 1. The third kappa shape index (κ3) is 3.27. The van der Waals surface area contributed by atoms with E-state index in [9.17, 15) is 14.7 Å². The number of aromatic amines is 1. The molecule has 0 spiro atoms. The average molecular weight is 349 g/mol. The topological polar surface area (TPSA) is 70.2 Å². The predicted octanol–water partition coefficient (Wildman–Crippen LogP) is 4.80. The van der Waals surface area contributed by atoms with Gasteiger partial charge in [0.2, 0.25) is 0 Å². The highest BCUT2D eigenvalue weighted by Crippen LogP contribution is 2.26. The summed E-state index contributed by atoms with van der Waals surface area (Å²) in [5.41, 5.74) is 3.34. The third-order valence-electron chi connectivity index (χ3n) is 4.59. The van der Waals surface area contributed by atoms with E-state index in [1.165, 1.54) is 0 Å². The van der Waals surface area contributed by atoms with Crippen molar-refractivity contribution >= 4 is 16.9 Å². The number of hydrogen-bond acceptors (Lipinski definition) is 2. The average Bonchev–Trinajstić information content (AvgIpc) is 2.63. The van der Waals surface area contributed by atoms with E-state index in [4.69, 9.17) is 0 Å². The van der Waals surface area contributed by atoms with Crippen molar-refractivity contribution in [2.24, 2.45) is 0 Å². The Bertz CT molecular complexity index is 1000. The van der Waals surface area contributed by atoms with Crippen LogP contribution >= 0.6 is 0 Å². The zero-order chi connectivity index (χ0) is 18.7.